The first-order chi connectivity index (χ1) is 14.6. The first-order valence-corrected chi connectivity index (χ1v) is 12.8. The van der Waals surface area contributed by atoms with Gasteiger partial charge in [0.05, 0.1) is 23.8 Å². The molecule has 0 radical (unpaired) electrons. The average molecular weight is 445 g/mol. The lowest BCUT2D eigenvalue weighted by Crippen LogP contribution is -2.59. The zero-order chi connectivity index (χ0) is 22.2. The van der Waals surface area contributed by atoms with Crippen LogP contribution in [-0.4, -0.2) is 51.5 Å². The second-order valence-corrected chi connectivity index (χ2v) is 12.4. The Morgan fingerprint density at radius 2 is 1.77 bits per heavy atom. The molecule has 0 aliphatic carbocycles. The van der Waals surface area contributed by atoms with Crippen molar-refractivity contribution in [2.24, 2.45) is 5.41 Å². The molecule has 0 N–H and O–H groups in total. The molecule has 5 nitrogen and oxygen atoms in total. The molecule has 6 heteroatoms. The molecule has 1 unspecified atom stereocenters. The molecule has 2 saturated heterocycles. The van der Waals surface area contributed by atoms with E-state index in [0.717, 1.165) is 32.5 Å². The average Bonchev–Trinajstić information content (AvgIpc) is 3.44. The summed E-state index contributed by atoms with van der Waals surface area (Å²) in [5.74, 6) is 0. The number of likely N-dealkylation sites (tertiary alicyclic amines) is 1. The maximum Gasteiger partial charge on any atom is 0.0983 e. The first-order valence-electron chi connectivity index (χ1n) is 11.9. The molecule has 2 fully saturated rings. The molecule has 1 spiro atoms. The van der Waals surface area contributed by atoms with Crippen LogP contribution in [0.2, 0.25) is 0 Å². The van der Waals surface area contributed by atoms with Gasteiger partial charge in [-0.15, -0.1) is 11.3 Å². The molecule has 31 heavy (non-hydrogen) atoms. The van der Waals surface area contributed by atoms with Crippen molar-refractivity contribution < 1.29 is 4.74 Å². The molecule has 0 saturated carbocycles. The second kappa shape index (κ2) is 8.60. The van der Waals surface area contributed by atoms with Crippen molar-refractivity contribution in [3.05, 3.63) is 35.0 Å². The predicted octanol–water partition coefficient (Wildman–Crippen LogP) is 5.48. The minimum atomic E-state index is 0.00100. The van der Waals surface area contributed by atoms with Crippen LogP contribution in [0.3, 0.4) is 0 Å². The van der Waals surface area contributed by atoms with Gasteiger partial charge in [-0.2, -0.15) is 5.10 Å². The van der Waals surface area contributed by atoms with Crippen LogP contribution >= 0.6 is 11.3 Å². The molecule has 0 aromatic carbocycles. The van der Waals surface area contributed by atoms with Crippen LogP contribution in [0.1, 0.15) is 78.2 Å². The summed E-state index contributed by atoms with van der Waals surface area (Å²) in [6, 6.07) is 2.02. The number of thiazole rings is 1. The van der Waals surface area contributed by atoms with Crippen LogP contribution in [0, 0.1) is 5.41 Å². The molecule has 0 amide bonds. The fourth-order valence-electron chi connectivity index (χ4n) is 5.27. The van der Waals surface area contributed by atoms with Crippen LogP contribution in [0.5, 0.6) is 0 Å². The molecule has 0 bridgehead atoms. The summed E-state index contributed by atoms with van der Waals surface area (Å²) in [6.45, 7) is 16.2. The third kappa shape index (κ3) is 4.91. The number of hydrogen-bond acceptors (Lipinski definition) is 5. The maximum atomic E-state index is 5.59. The Balaban J connectivity index is 1.44. The van der Waals surface area contributed by atoms with E-state index in [0.29, 0.717) is 5.41 Å². The van der Waals surface area contributed by atoms with Gasteiger partial charge in [0, 0.05) is 46.9 Å². The van der Waals surface area contributed by atoms with Crippen molar-refractivity contribution >= 4 is 11.3 Å². The Morgan fingerprint density at radius 3 is 2.35 bits per heavy atom. The summed E-state index contributed by atoms with van der Waals surface area (Å²) in [5.41, 5.74) is 0.713. The van der Waals surface area contributed by atoms with Crippen molar-refractivity contribution in [2.45, 2.75) is 89.6 Å². The van der Waals surface area contributed by atoms with Gasteiger partial charge in [-0.05, 0) is 78.8 Å². The molecule has 4 rings (SSSR count). The lowest BCUT2D eigenvalue weighted by Gasteiger charge is -2.53. The van der Waals surface area contributed by atoms with E-state index in [-0.39, 0.29) is 16.5 Å². The van der Waals surface area contributed by atoms with E-state index in [1.54, 1.807) is 0 Å². The Hall–Kier alpha value is -1.24. The number of aromatic nitrogens is 3. The van der Waals surface area contributed by atoms with E-state index in [1.807, 2.05) is 29.8 Å². The number of piperidine rings is 1. The Kier molecular flexibility index (Phi) is 6.36. The van der Waals surface area contributed by atoms with Crippen LogP contribution in [0.4, 0.5) is 0 Å². The van der Waals surface area contributed by atoms with Gasteiger partial charge in [0.2, 0.25) is 0 Å². The molecule has 2 aliphatic rings. The molecule has 2 aromatic heterocycles. The van der Waals surface area contributed by atoms with Crippen molar-refractivity contribution in [3.63, 3.8) is 0 Å². The summed E-state index contributed by atoms with van der Waals surface area (Å²) in [4.78, 5) is 7.52. The number of nitrogens with zero attached hydrogens (tertiary/aromatic N) is 4. The van der Waals surface area contributed by atoms with Crippen LogP contribution in [-0.2, 0) is 15.7 Å². The molecule has 172 valence electrons. The van der Waals surface area contributed by atoms with Gasteiger partial charge in [0.15, 0.2) is 0 Å². The summed E-state index contributed by atoms with van der Waals surface area (Å²) >= 11 is 1.81. The highest BCUT2D eigenvalue weighted by atomic mass is 32.1. The smallest absolute Gasteiger partial charge is 0.0983 e. The van der Waals surface area contributed by atoms with E-state index >= 15 is 0 Å². The highest BCUT2D eigenvalue weighted by molar-refractivity contribution is 7.09. The van der Waals surface area contributed by atoms with Gasteiger partial charge in [0.25, 0.3) is 0 Å². The van der Waals surface area contributed by atoms with Gasteiger partial charge < -0.3 is 4.74 Å². The number of hydrogen-bond donors (Lipinski definition) is 0. The van der Waals surface area contributed by atoms with Gasteiger partial charge in [-0.25, -0.2) is 4.98 Å². The quantitative estimate of drug-likeness (QED) is 0.513. The lowest BCUT2D eigenvalue weighted by molar-refractivity contribution is -0.156. The minimum absolute atomic E-state index is 0.00100. The summed E-state index contributed by atoms with van der Waals surface area (Å²) in [5, 5.41) is 7.92. The van der Waals surface area contributed by atoms with E-state index in [2.05, 4.69) is 60.9 Å². The maximum absolute atomic E-state index is 5.59. The highest BCUT2D eigenvalue weighted by Crippen LogP contribution is 2.43. The van der Waals surface area contributed by atoms with Crippen LogP contribution < -0.4 is 0 Å². The zero-order valence-electron chi connectivity index (χ0n) is 20.1. The molecule has 2 aliphatic heterocycles. The third-order valence-corrected chi connectivity index (χ3v) is 9.06. The first kappa shape index (κ1) is 22.9. The normalized spacial score (nSPS) is 21.7. The van der Waals surface area contributed by atoms with Crippen molar-refractivity contribution in [1.29, 1.82) is 0 Å². The summed E-state index contributed by atoms with van der Waals surface area (Å²) in [7, 11) is 0. The van der Waals surface area contributed by atoms with E-state index in [1.165, 1.54) is 37.4 Å². The highest BCUT2D eigenvalue weighted by Gasteiger charge is 2.45. The topological polar surface area (TPSA) is 43.2 Å². The van der Waals surface area contributed by atoms with Gasteiger partial charge in [-0.1, -0.05) is 6.92 Å². The predicted molar refractivity (Wildman–Crippen MR) is 128 cm³/mol. The summed E-state index contributed by atoms with van der Waals surface area (Å²) < 4.78 is 7.70. The number of ether oxygens (including phenoxy) is 1. The summed E-state index contributed by atoms with van der Waals surface area (Å²) in [6.07, 6.45) is 13.1. The SMILES string of the molecule is CC(CCC(C)(C)N1CCCC2(COC2)C1)(CCC(C)(C)n1cccn1)c1nccs1. The zero-order valence-corrected chi connectivity index (χ0v) is 20.9. The molecule has 4 heterocycles. The molecular weight excluding hydrogens is 404 g/mol. The molecule has 1 atom stereocenters. The van der Waals surface area contributed by atoms with Gasteiger partial charge in [0.1, 0.15) is 0 Å². The van der Waals surface area contributed by atoms with E-state index in [9.17, 15) is 0 Å². The molecule has 2 aromatic rings. The largest absolute Gasteiger partial charge is 0.380 e. The monoisotopic (exact) mass is 444 g/mol. The fraction of sp³-hybridized carbons (Fsp3) is 0.760. The Bertz CT molecular complexity index is 826. The van der Waals surface area contributed by atoms with Crippen molar-refractivity contribution in [3.8, 4) is 0 Å². The van der Waals surface area contributed by atoms with E-state index < -0.39 is 0 Å². The molecular formula is C25H40N4OS. The van der Waals surface area contributed by atoms with Crippen LogP contribution in [0.15, 0.2) is 30.0 Å². The third-order valence-electron chi connectivity index (χ3n) is 7.98. The van der Waals surface area contributed by atoms with Gasteiger partial charge >= 0.3 is 0 Å². The van der Waals surface area contributed by atoms with Crippen LogP contribution in [0.25, 0.3) is 0 Å². The lowest BCUT2D eigenvalue weighted by atomic mass is 9.73. The minimum Gasteiger partial charge on any atom is -0.380 e. The Labute approximate surface area is 192 Å². The fourth-order valence-corrected chi connectivity index (χ4v) is 6.14. The Morgan fingerprint density at radius 1 is 1.03 bits per heavy atom. The van der Waals surface area contributed by atoms with Gasteiger partial charge in [-0.3, -0.25) is 9.58 Å². The standard InChI is InChI=1S/C25H40N4OS/c1-22(2,28-15-6-8-25(18-28)19-30-20-25)9-11-24(5,21-26-14-17-31-21)12-10-23(3,4)29-16-7-13-27-29/h7,13-14,16-17H,6,8-12,15,18-20H2,1-5H3. The van der Waals surface area contributed by atoms with E-state index in [4.69, 9.17) is 9.72 Å². The van der Waals surface area contributed by atoms with Crippen molar-refractivity contribution in [1.82, 2.24) is 19.7 Å². The number of rotatable bonds is 9. The van der Waals surface area contributed by atoms with Crippen molar-refractivity contribution in [2.75, 3.05) is 26.3 Å². The second-order valence-electron chi connectivity index (χ2n) is 11.5.